The summed E-state index contributed by atoms with van der Waals surface area (Å²) in [6.45, 7) is 4.15. The Balaban J connectivity index is 3.33. The summed E-state index contributed by atoms with van der Waals surface area (Å²) in [6, 6.07) is 4.30. The molecular weight excluding hydrogens is 269 g/mol. The van der Waals surface area contributed by atoms with E-state index in [1.807, 2.05) is 0 Å². The van der Waals surface area contributed by atoms with E-state index in [0.29, 0.717) is 17.0 Å². The monoisotopic (exact) mass is 290 g/mol. The third-order valence-electron chi connectivity index (χ3n) is 3.00. The lowest BCUT2D eigenvalue weighted by molar-refractivity contribution is -0.120. The van der Waals surface area contributed by atoms with Gasteiger partial charge >= 0.3 is 6.18 Å². The van der Waals surface area contributed by atoms with Gasteiger partial charge in [0.05, 0.1) is 7.11 Å². The number of ether oxygens (including phenoxy) is 1. The Kier molecular flexibility index (Phi) is 5.28. The summed E-state index contributed by atoms with van der Waals surface area (Å²) >= 11 is 0. The lowest BCUT2D eigenvalue weighted by atomic mass is 10.0. The average molecular weight is 290 g/mol. The van der Waals surface area contributed by atoms with Crippen molar-refractivity contribution in [2.45, 2.75) is 39.0 Å². The SMILES string of the molecule is COc1cccc(N(CC(F)(F)F)C(C)C)c1[C@H](C)N. The van der Waals surface area contributed by atoms with Gasteiger partial charge in [0.25, 0.3) is 0 Å². The normalized spacial score (nSPS) is 13.4. The number of benzene rings is 1. The summed E-state index contributed by atoms with van der Waals surface area (Å²) in [5.41, 5.74) is 6.96. The molecule has 0 aliphatic carbocycles. The average Bonchev–Trinajstić information content (AvgIpc) is 2.33. The van der Waals surface area contributed by atoms with Gasteiger partial charge in [-0.1, -0.05) is 6.07 Å². The van der Waals surface area contributed by atoms with Crippen molar-refractivity contribution in [2.75, 3.05) is 18.6 Å². The van der Waals surface area contributed by atoms with Crippen LogP contribution >= 0.6 is 0 Å². The van der Waals surface area contributed by atoms with Crippen molar-refractivity contribution in [3.8, 4) is 5.75 Å². The van der Waals surface area contributed by atoms with Crippen molar-refractivity contribution >= 4 is 5.69 Å². The number of nitrogens with two attached hydrogens (primary N) is 1. The van der Waals surface area contributed by atoms with Crippen LogP contribution in [0.25, 0.3) is 0 Å². The Bertz CT molecular complexity index is 445. The molecule has 1 rings (SSSR count). The predicted octanol–water partition coefficient (Wildman–Crippen LogP) is 3.49. The molecule has 0 unspecified atom stereocenters. The highest BCUT2D eigenvalue weighted by Crippen LogP contribution is 2.35. The molecule has 0 aliphatic rings. The first-order chi connectivity index (χ1) is 9.17. The summed E-state index contributed by atoms with van der Waals surface area (Å²) in [5, 5.41) is 0. The fourth-order valence-electron chi connectivity index (χ4n) is 2.16. The van der Waals surface area contributed by atoms with Crippen LogP contribution in [0, 0.1) is 0 Å². The second-order valence-corrected chi connectivity index (χ2v) is 5.02. The first-order valence-corrected chi connectivity index (χ1v) is 6.43. The van der Waals surface area contributed by atoms with E-state index >= 15 is 0 Å². The predicted molar refractivity (Wildman–Crippen MR) is 74.1 cm³/mol. The second-order valence-electron chi connectivity index (χ2n) is 5.02. The molecule has 0 spiro atoms. The van der Waals surface area contributed by atoms with Crippen LogP contribution in [0.5, 0.6) is 5.75 Å². The quantitative estimate of drug-likeness (QED) is 0.902. The van der Waals surface area contributed by atoms with Gasteiger partial charge in [-0.15, -0.1) is 0 Å². The molecule has 114 valence electrons. The molecule has 1 aromatic rings. The second kappa shape index (κ2) is 6.35. The van der Waals surface area contributed by atoms with Crippen molar-refractivity contribution in [3.05, 3.63) is 23.8 Å². The third-order valence-corrected chi connectivity index (χ3v) is 3.00. The lowest BCUT2D eigenvalue weighted by Gasteiger charge is -2.33. The molecule has 2 N–H and O–H groups in total. The van der Waals surface area contributed by atoms with E-state index in [2.05, 4.69) is 0 Å². The van der Waals surface area contributed by atoms with Crippen molar-refractivity contribution in [1.82, 2.24) is 0 Å². The smallest absolute Gasteiger partial charge is 0.405 e. The number of hydrogen-bond acceptors (Lipinski definition) is 3. The fourth-order valence-corrected chi connectivity index (χ4v) is 2.16. The number of rotatable bonds is 5. The van der Waals surface area contributed by atoms with Crippen LogP contribution in [0.3, 0.4) is 0 Å². The van der Waals surface area contributed by atoms with Gasteiger partial charge in [-0.25, -0.2) is 0 Å². The molecule has 0 saturated heterocycles. The van der Waals surface area contributed by atoms with Gasteiger partial charge in [0.15, 0.2) is 0 Å². The van der Waals surface area contributed by atoms with Gasteiger partial charge in [-0.2, -0.15) is 13.2 Å². The number of alkyl halides is 3. The van der Waals surface area contributed by atoms with Gasteiger partial charge in [0, 0.05) is 23.3 Å². The highest BCUT2D eigenvalue weighted by molar-refractivity contribution is 5.61. The van der Waals surface area contributed by atoms with E-state index in [1.165, 1.54) is 12.0 Å². The summed E-state index contributed by atoms with van der Waals surface area (Å²) in [6.07, 6.45) is -4.28. The zero-order valence-electron chi connectivity index (χ0n) is 12.2. The lowest BCUT2D eigenvalue weighted by Crippen LogP contribution is -2.40. The topological polar surface area (TPSA) is 38.5 Å². The molecule has 0 bridgehead atoms. The maximum absolute atomic E-state index is 12.8. The minimum absolute atomic E-state index is 0.304. The first-order valence-electron chi connectivity index (χ1n) is 6.43. The van der Waals surface area contributed by atoms with Crippen LogP contribution in [0.1, 0.15) is 32.4 Å². The van der Waals surface area contributed by atoms with E-state index in [-0.39, 0.29) is 6.04 Å². The highest BCUT2D eigenvalue weighted by atomic mass is 19.4. The van der Waals surface area contributed by atoms with Gasteiger partial charge in [-0.3, -0.25) is 0 Å². The number of methoxy groups -OCH3 is 1. The Labute approximate surface area is 117 Å². The highest BCUT2D eigenvalue weighted by Gasteiger charge is 2.33. The standard InChI is InChI=1S/C14H21F3N2O/c1-9(2)19(8-14(15,16)17)11-6-5-7-12(20-4)13(11)10(3)18/h5-7,9-10H,8,18H2,1-4H3/t10-/m0/s1. The van der Waals surface area contributed by atoms with Crippen molar-refractivity contribution in [3.63, 3.8) is 0 Å². The van der Waals surface area contributed by atoms with Gasteiger partial charge in [0.2, 0.25) is 0 Å². The Morgan fingerprint density at radius 3 is 2.25 bits per heavy atom. The maximum Gasteiger partial charge on any atom is 0.405 e. The van der Waals surface area contributed by atoms with Gasteiger partial charge < -0.3 is 15.4 Å². The van der Waals surface area contributed by atoms with Crippen LogP contribution in [0.15, 0.2) is 18.2 Å². The molecule has 1 aromatic carbocycles. The number of halogens is 3. The molecule has 0 radical (unpaired) electrons. The first kappa shape index (κ1) is 16.6. The zero-order valence-corrected chi connectivity index (χ0v) is 12.2. The van der Waals surface area contributed by atoms with Crippen LogP contribution in [0.4, 0.5) is 18.9 Å². The van der Waals surface area contributed by atoms with E-state index in [4.69, 9.17) is 10.5 Å². The molecular formula is C14H21F3N2O. The molecule has 0 aliphatic heterocycles. The van der Waals surface area contributed by atoms with E-state index < -0.39 is 18.8 Å². The number of nitrogens with zero attached hydrogens (tertiary/aromatic N) is 1. The van der Waals surface area contributed by atoms with Crippen LogP contribution in [0.2, 0.25) is 0 Å². The maximum atomic E-state index is 12.8. The summed E-state index contributed by atoms with van der Waals surface area (Å²) in [7, 11) is 1.48. The van der Waals surface area contributed by atoms with Crippen molar-refractivity contribution in [2.24, 2.45) is 5.73 Å². The van der Waals surface area contributed by atoms with E-state index in [0.717, 1.165) is 0 Å². The van der Waals surface area contributed by atoms with E-state index in [1.54, 1.807) is 39.0 Å². The third kappa shape index (κ3) is 4.03. The molecule has 20 heavy (non-hydrogen) atoms. The van der Waals surface area contributed by atoms with Crippen molar-refractivity contribution < 1.29 is 17.9 Å². The minimum atomic E-state index is -4.28. The molecule has 1 atom stereocenters. The Morgan fingerprint density at radius 1 is 1.25 bits per heavy atom. The Morgan fingerprint density at radius 2 is 1.85 bits per heavy atom. The van der Waals surface area contributed by atoms with Gasteiger partial charge in [0.1, 0.15) is 12.3 Å². The summed E-state index contributed by atoms with van der Waals surface area (Å²) < 4.78 is 43.5. The summed E-state index contributed by atoms with van der Waals surface area (Å²) in [4.78, 5) is 1.29. The summed E-state index contributed by atoms with van der Waals surface area (Å²) in [5.74, 6) is 0.505. The molecule has 0 aromatic heterocycles. The molecule has 6 heteroatoms. The van der Waals surface area contributed by atoms with Crippen LogP contribution in [-0.4, -0.2) is 25.9 Å². The van der Waals surface area contributed by atoms with Crippen molar-refractivity contribution in [1.29, 1.82) is 0 Å². The Hall–Kier alpha value is -1.43. The molecule has 0 heterocycles. The molecule has 3 nitrogen and oxygen atoms in total. The van der Waals surface area contributed by atoms with Crippen LogP contribution < -0.4 is 15.4 Å². The molecule has 0 amide bonds. The zero-order chi connectivity index (χ0) is 15.5. The van der Waals surface area contributed by atoms with Gasteiger partial charge in [-0.05, 0) is 32.9 Å². The molecule has 0 fully saturated rings. The van der Waals surface area contributed by atoms with Crippen LogP contribution in [-0.2, 0) is 0 Å². The fraction of sp³-hybridized carbons (Fsp3) is 0.571. The molecule has 0 saturated carbocycles. The minimum Gasteiger partial charge on any atom is -0.496 e. The number of anilines is 1. The van der Waals surface area contributed by atoms with E-state index in [9.17, 15) is 13.2 Å². The largest absolute Gasteiger partial charge is 0.496 e. The number of hydrogen-bond donors (Lipinski definition) is 1.